The number of hydrogen-bond donors (Lipinski definition) is 0. The summed E-state index contributed by atoms with van der Waals surface area (Å²) in [6.45, 7) is 8.40. The fourth-order valence-electron chi connectivity index (χ4n) is 2.94. The Hall–Kier alpha value is -2.34. The molecule has 132 valence electrons. The molecular formula is C19H20F3N3. The number of rotatable bonds is 4. The molecule has 1 aromatic heterocycles. The van der Waals surface area contributed by atoms with Crippen molar-refractivity contribution in [2.24, 2.45) is 0 Å². The number of halogens is 3. The summed E-state index contributed by atoms with van der Waals surface area (Å²) in [7, 11) is 0. The Balaban J connectivity index is 1.67. The van der Waals surface area contributed by atoms with Crippen LogP contribution in [0.25, 0.3) is 11.1 Å². The fourth-order valence-corrected chi connectivity index (χ4v) is 2.94. The molecule has 0 aliphatic carbocycles. The van der Waals surface area contributed by atoms with Crippen LogP contribution in [-0.2, 0) is 6.18 Å². The third kappa shape index (κ3) is 4.20. The predicted octanol–water partition coefficient (Wildman–Crippen LogP) is 4.08. The second-order valence-corrected chi connectivity index (χ2v) is 6.06. The van der Waals surface area contributed by atoms with Crippen LogP contribution in [0.3, 0.4) is 0 Å². The van der Waals surface area contributed by atoms with Crippen molar-refractivity contribution in [2.75, 3.05) is 37.6 Å². The summed E-state index contributed by atoms with van der Waals surface area (Å²) in [6.07, 6.45) is -0.685. The number of piperazine rings is 1. The Labute approximate surface area is 145 Å². The third-order valence-corrected chi connectivity index (χ3v) is 4.38. The van der Waals surface area contributed by atoms with Crippen LogP contribution in [0.1, 0.15) is 5.56 Å². The van der Waals surface area contributed by atoms with Gasteiger partial charge in [-0.1, -0.05) is 18.2 Å². The summed E-state index contributed by atoms with van der Waals surface area (Å²) in [5.41, 5.74) is 0.892. The Morgan fingerprint density at radius 3 is 2.12 bits per heavy atom. The minimum Gasteiger partial charge on any atom is -0.354 e. The molecule has 3 nitrogen and oxygen atoms in total. The number of alkyl halides is 3. The molecule has 25 heavy (non-hydrogen) atoms. The van der Waals surface area contributed by atoms with Gasteiger partial charge in [-0.2, -0.15) is 13.2 Å². The maximum absolute atomic E-state index is 12.6. The van der Waals surface area contributed by atoms with Crippen molar-refractivity contribution in [3.05, 3.63) is 60.8 Å². The zero-order valence-corrected chi connectivity index (χ0v) is 13.8. The van der Waals surface area contributed by atoms with Crippen LogP contribution in [0.15, 0.2) is 55.3 Å². The van der Waals surface area contributed by atoms with Crippen molar-refractivity contribution in [3.8, 4) is 11.1 Å². The molecular weight excluding hydrogens is 327 g/mol. The molecule has 1 fully saturated rings. The monoisotopic (exact) mass is 347 g/mol. The minimum atomic E-state index is -4.31. The van der Waals surface area contributed by atoms with E-state index < -0.39 is 11.7 Å². The molecule has 1 saturated heterocycles. The maximum atomic E-state index is 12.6. The van der Waals surface area contributed by atoms with E-state index in [-0.39, 0.29) is 0 Å². The number of hydrogen-bond acceptors (Lipinski definition) is 3. The first-order chi connectivity index (χ1) is 12.0. The van der Waals surface area contributed by atoms with Crippen LogP contribution in [0.2, 0.25) is 0 Å². The van der Waals surface area contributed by atoms with Crippen LogP contribution in [0.5, 0.6) is 0 Å². The van der Waals surface area contributed by atoms with E-state index in [0.717, 1.165) is 61.8 Å². The summed E-state index contributed by atoms with van der Waals surface area (Å²) in [5.74, 6) is 0.897. The molecule has 0 bridgehead atoms. The van der Waals surface area contributed by atoms with Crippen LogP contribution in [0.4, 0.5) is 19.0 Å². The lowest BCUT2D eigenvalue weighted by Gasteiger charge is -2.34. The van der Waals surface area contributed by atoms with Gasteiger partial charge in [-0.25, -0.2) is 4.98 Å². The Bertz CT molecular complexity index is 700. The highest BCUT2D eigenvalue weighted by Gasteiger charge is 2.30. The standard InChI is InChI=1S/C19H20F3N3/c1-2-9-24-10-12-25(13-11-24)18-8-5-16(14-23-18)15-3-6-17(7-4-15)19(20,21)22/h2-8,14H,1,9-13H2. The summed E-state index contributed by atoms with van der Waals surface area (Å²) in [5, 5.41) is 0. The molecule has 0 radical (unpaired) electrons. The zero-order valence-electron chi connectivity index (χ0n) is 13.8. The lowest BCUT2D eigenvalue weighted by molar-refractivity contribution is -0.137. The van der Waals surface area contributed by atoms with E-state index in [9.17, 15) is 13.2 Å². The second-order valence-electron chi connectivity index (χ2n) is 6.06. The van der Waals surface area contributed by atoms with Gasteiger partial charge in [0.1, 0.15) is 5.82 Å². The van der Waals surface area contributed by atoms with Crippen molar-refractivity contribution >= 4 is 5.82 Å². The maximum Gasteiger partial charge on any atom is 0.416 e. The topological polar surface area (TPSA) is 19.4 Å². The summed E-state index contributed by atoms with van der Waals surface area (Å²) in [6, 6.07) is 8.99. The smallest absolute Gasteiger partial charge is 0.354 e. The van der Waals surface area contributed by atoms with Gasteiger partial charge in [0.15, 0.2) is 0 Å². The number of pyridine rings is 1. The van der Waals surface area contributed by atoms with Gasteiger partial charge in [-0.3, -0.25) is 4.90 Å². The zero-order chi connectivity index (χ0) is 17.9. The first-order valence-electron chi connectivity index (χ1n) is 8.19. The third-order valence-electron chi connectivity index (χ3n) is 4.38. The molecule has 0 amide bonds. The molecule has 1 aliphatic rings. The van der Waals surface area contributed by atoms with Crippen LogP contribution >= 0.6 is 0 Å². The Morgan fingerprint density at radius 1 is 0.960 bits per heavy atom. The number of anilines is 1. The van der Waals surface area contributed by atoms with Gasteiger partial charge in [-0.15, -0.1) is 6.58 Å². The summed E-state index contributed by atoms with van der Waals surface area (Å²) >= 11 is 0. The van der Waals surface area contributed by atoms with Crippen LogP contribution in [0, 0.1) is 0 Å². The van der Waals surface area contributed by atoms with Crippen LogP contribution in [-0.4, -0.2) is 42.6 Å². The Morgan fingerprint density at radius 2 is 1.60 bits per heavy atom. The van der Waals surface area contributed by atoms with E-state index in [4.69, 9.17) is 0 Å². The highest BCUT2D eigenvalue weighted by molar-refractivity contribution is 5.64. The van der Waals surface area contributed by atoms with Gasteiger partial charge in [0, 0.05) is 44.5 Å². The summed E-state index contributed by atoms with van der Waals surface area (Å²) in [4.78, 5) is 9.04. The van der Waals surface area contributed by atoms with Crippen molar-refractivity contribution in [1.82, 2.24) is 9.88 Å². The van der Waals surface area contributed by atoms with E-state index >= 15 is 0 Å². The van der Waals surface area contributed by atoms with Gasteiger partial charge in [0.05, 0.1) is 5.56 Å². The van der Waals surface area contributed by atoms with Gasteiger partial charge in [-0.05, 0) is 29.8 Å². The molecule has 0 atom stereocenters. The fraction of sp³-hybridized carbons (Fsp3) is 0.316. The lowest BCUT2D eigenvalue weighted by Crippen LogP contribution is -2.46. The molecule has 1 aliphatic heterocycles. The summed E-state index contributed by atoms with van der Waals surface area (Å²) < 4.78 is 37.9. The number of aromatic nitrogens is 1. The van der Waals surface area contributed by atoms with Crippen molar-refractivity contribution in [3.63, 3.8) is 0 Å². The molecule has 2 heterocycles. The first kappa shape index (κ1) is 17.5. The highest BCUT2D eigenvalue weighted by Crippen LogP contribution is 2.31. The molecule has 6 heteroatoms. The molecule has 0 unspecified atom stereocenters. The van der Waals surface area contributed by atoms with Gasteiger partial charge >= 0.3 is 6.18 Å². The molecule has 3 rings (SSSR count). The van der Waals surface area contributed by atoms with Crippen molar-refractivity contribution < 1.29 is 13.2 Å². The predicted molar refractivity (Wildman–Crippen MR) is 93.5 cm³/mol. The largest absolute Gasteiger partial charge is 0.416 e. The number of benzene rings is 1. The van der Waals surface area contributed by atoms with Gasteiger partial charge in [0.2, 0.25) is 0 Å². The normalized spacial score (nSPS) is 16.0. The van der Waals surface area contributed by atoms with E-state index in [1.807, 2.05) is 18.2 Å². The molecule has 0 saturated carbocycles. The van der Waals surface area contributed by atoms with Gasteiger partial charge in [0.25, 0.3) is 0 Å². The Kier molecular flexibility index (Phi) is 5.08. The molecule has 0 N–H and O–H groups in total. The van der Waals surface area contributed by atoms with Gasteiger partial charge < -0.3 is 4.90 Å². The second kappa shape index (κ2) is 7.27. The van der Waals surface area contributed by atoms with Crippen molar-refractivity contribution in [2.45, 2.75) is 6.18 Å². The average Bonchev–Trinajstić information content (AvgIpc) is 2.62. The molecule has 0 spiro atoms. The molecule has 2 aromatic rings. The first-order valence-corrected chi connectivity index (χ1v) is 8.19. The minimum absolute atomic E-state index is 0.641. The van der Waals surface area contributed by atoms with E-state index in [1.54, 1.807) is 6.20 Å². The SMILES string of the molecule is C=CCN1CCN(c2ccc(-c3ccc(C(F)(F)F)cc3)cn2)CC1. The van der Waals surface area contributed by atoms with E-state index in [2.05, 4.69) is 21.4 Å². The highest BCUT2D eigenvalue weighted by atomic mass is 19.4. The molecule has 1 aromatic carbocycles. The average molecular weight is 347 g/mol. The van der Waals surface area contributed by atoms with Crippen LogP contribution < -0.4 is 4.90 Å². The quantitative estimate of drug-likeness (QED) is 0.777. The van der Waals surface area contributed by atoms with Crippen molar-refractivity contribution in [1.29, 1.82) is 0 Å². The van der Waals surface area contributed by atoms with E-state index in [0.29, 0.717) is 0 Å². The van der Waals surface area contributed by atoms with E-state index in [1.165, 1.54) is 12.1 Å². The lowest BCUT2D eigenvalue weighted by atomic mass is 10.1. The number of nitrogens with zero attached hydrogens (tertiary/aromatic N) is 3.